The zero-order valence-electron chi connectivity index (χ0n) is 29.4. The number of nitro benzene ring substituents is 1. The van der Waals surface area contributed by atoms with Crippen molar-refractivity contribution in [2.45, 2.75) is 15.5 Å². The van der Waals surface area contributed by atoms with E-state index in [2.05, 4.69) is 21.7 Å². The minimum Gasteiger partial charge on any atom is -0.308 e. The first-order valence-corrected chi connectivity index (χ1v) is 23.3. The number of hydrogen-bond acceptors (Lipinski definition) is 4. The lowest BCUT2D eigenvalue weighted by Gasteiger charge is -2.25. The van der Waals surface area contributed by atoms with Crippen molar-refractivity contribution in [3.63, 3.8) is 0 Å². The number of rotatable bonds is 9. The Morgan fingerprint density at radius 2 is 0.911 bits per heavy atom. The number of benzene rings is 6. The molecule has 0 N–H and O–H groups in total. The molecule has 6 aromatic carbocycles. The highest BCUT2D eigenvalue weighted by molar-refractivity contribution is 9.10. The Morgan fingerprint density at radius 3 is 1.25 bits per heavy atom. The van der Waals surface area contributed by atoms with E-state index in [4.69, 9.17) is 69.6 Å². The first kappa shape index (κ1) is 45.6. The standard InChI is InChI=1S/C40H30BrNO4P2.2CHCl3/c1-30-22-24-31(25-23-30)39(47(45,33-14-6-2-7-15-33)34-16-8-3-9-17-34)29-40(37-28-32(41)26-27-38(37)42(43)44)48(46,35-18-10-4-11-19-35)36-20-12-5-13-21-36;2*2-1(3)4/h2-28H,1H3;2*1H. The molecule has 0 aliphatic rings. The highest BCUT2D eigenvalue weighted by Gasteiger charge is 2.39. The van der Waals surface area contributed by atoms with Crippen LogP contribution < -0.4 is 21.2 Å². The molecule has 0 radical (unpaired) electrons. The molecule has 5 nitrogen and oxygen atoms in total. The van der Waals surface area contributed by atoms with E-state index in [9.17, 15) is 10.1 Å². The molecule has 14 heteroatoms. The second-order valence-electron chi connectivity index (χ2n) is 11.7. The van der Waals surface area contributed by atoms with Crippen LogP contribution >= 0.6 is 99.8 Å². The number of halogens is 7. The van der Waals surface area contributed by atoms with E-state index in [0.29, 0.717) is 31.3 Å². The molecule has 0 amide bonds. The maximum atomic E-state index is 16.2. The summed E-state index contributed by atoms with van der Waals surface area (Å²) in [6.07, 6.45) is 0. The van der Waals surface area contributed by atoms with Gasteiger partial charge in [0.05, 0.1) is 21.1 Å². The number of nitro groups is 1. The Hall–Kier alpha value is -3.08. The van der Waals surface area contributed by atoms with Crippen LogP contribution in [0.2, 0.25) is 0 Å². The smallest absolute Gasteiger partial charge is 0.278 e. The van der Waals surface area contributed by atoms with Crippen molar-refractivity contribution in [2.24, 2.45) is 0 Å². The number of alkyl halides is 6. The minimum absolute atomic E-state index is 0.0792. The van der Waals surface area contributed by atoms with Crippen molar-refractivity contribution < 1.29 is 14.1 Å². The highest BCUT2D eigenvalue weighted by Crippen LogP contribution is 2.61. The van der Waals surface area contributed by atoms with Crippen LogP contribution in [-0.2, 0) is 9.13 Å². The van der Waals surface area contributed by atoms with Crippen molar-refractivity contribution in [2.75, 3.05) is 0 Å². The van der Waals surface area contributed by atoms with Crippen LogP contribution in [0.15, 0.2) is 174 Å². The van der Waals surface area contributed by atoms with Gasteiger partial charge in [-0.05, 0) is 24.6 Å². The summed E-state index contributed by atoms with van der Waals surface area (Å²) in [6.45, 7) is 1.96. The van der Waals surface area contributed by atoms with Crippen LogP contribution in [0.3, 0.4) is 0 Å². The summed E-state index contributed by atoms with van der Waals surface area (Å²) in [5, 5.41) is 15.1. The van der Waals surface area contributed by atoms with E-state index < -0.39 is 27.8 Å². The molecule has 0 unspecified atom stereocenters. The molecule has 0 saturated carbocycles. The monoisotopic (exact) mass is 965 g/mol. The SMILES string of the molecule is Cc1ccc(C(=C=C(c2cc(Br)ccc2[N+](=O)[O-])P(=O)(c2ccccc2)c2ccccc2)P(=O)(c2ccccc2)c2ccccc2)cc1.ClC(Cl)Cl.ClC(Cl)Cl. The largest absolute Gasteiger partial charge is 0.308 e. The van der Waals surface area contributed by atoms with Crippen LogP contribution in [-0.4, -0.2) is 13.5 Å². The Balaban J connectivity index is 0.000000795. The van der Waals surface area contributed by atoms with Gasteiger partial charge in [-0.3, -0.25) is 10.1 Å². The molecule has 0 aliphatic heterocycles. The lowest BCUT2D eigenvalue weighted by atomic mass is 10.1. The summed E-state index contributed by atoms with van der Waals surface area (Å²) >= 11 is 32.3. The topological polar surface area (TPSA) is 77.3 Å². The fraction of sp³-hybridized carbons (Fsp3) is 0.0714. The van der Waals surface area contributed by atoms with Gasteiger partial charge in [0.25, 0.3) is 5.69 Å². The zero-order valence-corrected chi connectivity index (χ0v) is 37.3. The van der Waals surface area contributed by atoms with Gasteiger partial charge in [-0.15, -0.1) is 0 Å². The second kappa shape index (κ2) is 21.6. The van der Waals surface area contributed by atoms with Gasteiger partial charge >= 0.3 is 0 Å². The molecule has 288 valence electrons. The lowest BCUT2D eigenvalue weighted by molar-refractivity contribution is -0.385. The molecule has 0 spiro atoms. The second-order valence-corrected chi connectivity index (χ2v) is 21.9. The van der Waals surface area contributed by atoms with Gasteiger partial charge in [-0.25, -0.2) is 0 Å². The third-order valence-corrected chi connectivity index (χ3v) is 14.7. The average Bonchev–Trinajstić information content (AvgIpc) is 3.19. The first-order chi connectivity index (χ1) is 26.7. The molecule has 0 saturated heterocycles. The van der Waals surface area contributed by atoms with Crippen LogP contribution in [0.25, 0.3) is 10.6 Å². The average molecular weight is 969 g/mol. The zero-order chi connectivity index (χ0) is 40.9. The maximum Gasteiger partial charge on any atom is 0.278 e. The summed E-state index contributed by atoms with van der Waals surface area (Å²) in [5.74, 6) is 0. The van der Waals surface area contributed by atoms with Crippen LogP contribution in [0.5, 0.6) is 0 Å². The quantitative estimate of drug-likeness (QED) is 0.0475. The normalized spacial score (nSPS) is 11.0. The van der Waals surface area contributed by atoms with Gasteiger partial charge < -0.3 is 9.13 Å². The fourth-order valence-corrected chi connectivity index (χ4v) is 11.7. The molecule has 0 aliphatic carbocycles. The van der Waals surface area contributed by atoms with Gasteiger partial charge in [-0.2, -0.15) is 0 Å². The van der Waals surface area contributed by atoms with Crippen LogP contribution in [0, 0.1) is 17.0 Å². The van der Waals surface area contributed by atoms with Crippen molar-refractivity contribution in [3.05, 3.63) is 201 Å². The van der Waals surface area contributed by atoms with Crippen LogP contribution in [0.4, 0.5) is 5.69 Å². The Bertz CT molecular complexity index is 2280. The molecule has 0 aromatic heterocycles. The minimum atomic E-state index is -3.94. The van der Waals surface area contributed by atoms with Crippen LogP contribution in [0.1, 0.15) is 16.7 Å². The molecule has 6 aromatic rings. The molecule has 0 fully saturated rings. The summed E-state index contributed by atoms with van der Waals surface area (Å²) in [7, 11) is -7.71. The van der Waals surface area contributed by atoms with Crippen molar-refractivity contribution in [3.8, 4) is 0 Å². The summed E-state index contributed by atoms with van der Waals surface area (Å²) < 4.78 is 31.3. The van der Waals surface area contributed by atoms with Gasteiger partial charge in [0.2, 0.25) is 0 Å². The van der Waals surface area contributed by atoms with Gasteiger partial charge in [-0.1, -0.05) is 242 Å². The first-order valence-electron chi connectivity index (χ1n) is 16.5. The highest BCUT2D eigenvalue weighted by atomic mass is 79.9. The van der Waals surface area contributed by atoms with E-state index in [-0.39, 0.29) is 21.9 Å². The van der Waals surface area contributed by atoms with E-state index in [1.54, 1.807) is 60.7 Å². The summed E-state index contributed by atoms with van der Waals surface area (Å²) in [5.41, 5.74) is 4.95. The molecular formula is C42H32BrCl6NO4P2. The van der Waals surface area contributed by atoms with E-state index in [1.807, 2.05) is 104 Å². The van der Waals surface area contributed by atoms with Gasteiger partial charge in [0.1, 0.15) is 0 Å². The van der Waals surface area contributed by atoms with Crippen molar-refractivity contribution in [1.82, 2.24) is 0 Å². The summed E-state index contributed by atoms with van der Waals surface area (Å²) in [6, 6.07) is 48.4. The fourth-order valence-electron chi connectivity index (χ4n) is 5.70. The van der Waals surface area contributed by atoms with E-state index >= 15 is 9.13 Å². The van der Waals surface area contributed by atoms with Gasteiger partial charge in [0, 0.05) is 31.8 Å². The molecule has 6 rings (SSSR count). The van der Waals surface area contributed by atoms with Gasteiger partial charge in [0.15, 0.2) is 22.9 Å². The van der Waals surface area contributed by atoms with Crippen molar-refractivity contribution in [1.29, 1.82) is 0 Å². The molecular weight excluding hydrogens is 937 g/mol. The Labute approximate surface area is 364 Å². The maximum absolute atomic E-state index is 16.2. The van der Waals surface area contributed by atoms with E-state index in [1.165, 1.54) is 6.07 Å². The van der Waals surface area contributed by atoms with E-state index in [0.717, 1.165) is 5.56 Å². The predicted octanol–water partition coefficient (Wildman–Crippen LogP) is 13.6. The summed E-state index contributed by atoms with van der Waals surface area (Å²) in [4.78, 5) is 12.2. The molecule has 0 heterocycles. The molecule has 0 atom stereocenters. The predicted molar refractivity (Wildman–Crippen MR) is 245 cm³/mol. The Kier molecular flexibility index (Phi) is 17.6. The third-order valence-electron chi connectivity index (χ3n) is 8.08. The molecule has 0 bridgehead atoms. The molecule has 56 heavy (non-hydrogen) atoms. The number of hydrogen-bond donors (Lipinski definition) is 0. The van der Waals surface area contributed by atoms with Crippen molar-refractivity contribution >= 4 is 137 Å². The third kappa shape index (κ3) is 11.8. The number of aryl methyl sites for hydroxylation is 1. The number of nitrogens with zero attached hydrogens (tertiary/aromatic N) is 1. The Morgan fingerprint density at radius 1 is 0.571 bits per heavy atom. The lowest BCUT2D eigenvalue weighted by Crippen LogP contribution is -2.18.